The summed E-state index contributed by atoms with van der Waals surface area (Å²) in [5, 5.41) is 10.7. The van der Waals surface area contributed by atoms with Crippen LogP contribution in [0.25, 0.3) is 22.4 Å². The zero-order valence-electron chi connectivity index (χ0n) is 11.8. The van der Waals surface area contributed by atoms with Crippen molar-refractivity contribution in [1.82, 2.24) is 9.55 Å². The lowest BCUT2D eigenvalue weighted by Crippen LogP contribution is -2.04. The van der Waals surface area contributed by atoms with Crippen molar-refractivity contribution in [2.75, 3.05) is 0 Å². The molecule has 0 aliphatic carbocycles. The molecule has 0 aliphatic heterocycles. The molecule has 0 radical (unpaired) electrons. The van der Waals surface area contributed by atoms with E-state index in [1.54, 1.807) is 11.6 Å². The van der Waals surface area contributed by atoms with Gasteiger partial charge in [-0.25, -0.2) is 4.98 Å². The van der Waals surface area contributed by atoms with E-state index in [1.165, 1.54) is 30.3 Å². The number of aryl methyl sites for hydroxylation is 1. The maximum Gasteiger partial charge on any atom is 0.416 e. The van der Waals surface area contributed by atoms with Crippen LogP contribution in [-0.2, 0) is 13.2 Å². The van der Waals surface area contributed by atoms with Gasteiger partial charge in [-0.2, -0.15) is 13.2 Å². The van der Waals surface area contributed by atoms with Crippen LogP contribution in [0.2, 0.25) is 0 Å². The molecule has 0 saturated heterocycles. The van der Waals surface area contributed by atoms with Gasteiger partial charge >= 0.3 is 6.18 Å². The summed E-state index contributed by atoms with van der Waals surface area (Å²) < 4.78 is 40.0. The summed E-state index contributed by atoms with van der Waals surface area (Å²) in [5.41, 5.74) is 0.523. The van der Waals surface area contributed by atoms with Crippen LogP contribution in [0.4, 0.5) is 18.9 Å². The number of nitro groups is 1. The van der Waals surface area contributed by atoms with Crippen LogP contribution in [-0.4, -0.2) is 14.5 Å². The van der Waals surface area contributed by atoms with E-state index in [1.807, 2.05) is 0 Å². The van der Waals surface area contributed by atoms with Crippen LogP contribution in [0.15, 0.2) is 42.5 Å². The summed E-state index contributed by atoms with van der Waals surface area (Å²) in [5.74, 6) is 0.439. The molecule has 1 heterocycles. The van der Waals surface area contributed by atoms with E-state index in [-0.39, 0.29) is 11.2 Å². The van der Waals surface area contributed by atoms with Crippen molar-refractivity contribution in [2.45, 2.75) is 6.18 Å². The van der Waals surface area contributed by atoms with Crippen molar-refractivity contribution < 1.29 is 18.1 Å². The fraction of sp³-hybridized carbons (Fsp3) is 0.133. The van der Waals surface area contributed by atoms with E-state index >= 15 is 0 Å². The second kappa shape index (κ2) is 5.08. The highest BCUT2D eigenvalue weighted by Crippen LogP contribution is 2.32. The molecule has 0 fully saturated rings. The first kappa shape index (κ1) is 15.0. The van der Waals surface area contributed by atoms with E-state index in [9.17, 15) is 23.3 Å². The molecule has 3 aromatic rings. The molecule has 118 valence electrons. The second-order valence-electron chi connectivity index (χ2n) is 5.00. The van der Waals surface area contributed by atoms with Crippen molar-refractivity contribution in [3.05, 3.63) is 58.1 Å². The van der Waals surface area contributed by atoms with Gasteiger partial charge in [0.2, 0.25) is 0 Å². The molecule has 23 heavy (non-hydrogen) atoms. The number of aromatic nitrogens is 2. The first-order valence-corrected chi connectivity index (χ1v) is 6.56. The molecule has 0 aliphatic rings. The van der Waals surface area contributed by atoms with Crippen molar-refractivity contribution in [1.29, 1.82) is 0 Å². The number of rotatable bonds is 2. The van der Waals surface area contributed by atoms with Gasteiger partial charge in [0.15, 0.2) is 0 Å². The minimum absolute atomic E-state index is 0.0631. The summed E-state index contributed by atoms with van der Waals surface area (Å²) in [6.07, 6.45) is -4.43. The van der Waals surface area contributed by atoms with Gasteiger partial charge in [-0.15, -0.1) is 0 Å². The average molecular weight is 321 g/mol. The third-order valence-corrected chi connectivity index (χ3v) is 3.54. The Hall–Kier alpha value is -2.90. The molecule has 0 atom stereocenters. The van der Waals surface area contributed by atoms with E-state index in [4.69, 9.17) is 0 Å². The summed E-state index contributed by atoms with van der Waals surface area (Å²) in [6, 6.07) is 9.05. The maximum absolute atomic E-state index is 12.8. The predicted molar refractivity (Wildman–Crippen MR) is 77.8 cm³/mol. The Balaban J connectivity index is 2.11. The van der Waals surface area contributed by atoms with Gasteiger partial charge < -0.3 is 4.57 Å². The minimum Gasteiger partial charge on any atom is -0.327 e. The molecular formula is C15H10F3N3O2. The van der Waals surface area contributed by atoms with Crippen LogP contribution in [0.3, 0.4) is 0 Å². The Morgan fingerprint density at radius 3 is 2.35 bits per heavy atom. The maximum atomic E-state index is 12.8. The molecule has 1 aromatic heterocycles. The Bertz CT molecular complexity index is 899. The topological polar surface area (TPSA) is 61.0 Å². The number of benzene rings is 2. The normalized spacial score (nSPS) is 11.8. The number of halogens is 3. The molecule has 0 bridgehead atoms. The first-order chi connectivity index (χ1) is 10.8. The van der Waals surface area contributed by atoms with Gasteiger partial charge in [-0.1, -0.05) is 0 Å². The Morgan fingerprint density at radius 2 is 1.78 bits per heavy atom. The lowest BCUT2D eigenvalue weighted by atomic mass is 10.2. The number of alkyl halides is 3. The summed E-state index contributed by atoms with van der Waals surface area (Å²) in [4.78, 5) is 14.4. The van der Waals surface area contributed by atoms with Gasteiger partial charge in [-0.3, -0.25) is 10.1 Å². The SMILES string of the molecule is Cn1c(-c2ccc([N+](=O)[O-])cc2)nc2cc(C(F)(F)F)ccc21. The average Bonchev–Trinajstić information content (AvgIpc) is 2.83. The molecule has 0 amide bonds. The number of imidazole rings is 1. The highest BCUT2D eigenvalue weighted by molar-refractivity contribution is 5.81. The molecule has 8 heteroatoms. The lowest BCUT2D eigenvalue weighted by Gasteiger charge is -2.06. The molecule has 2 aromatic carbocycles. The molecule has 0 saturated carbocycles. The number of nitro benzene ring substituents is 1. The summed E-state index contributed by atoms with van der Waals surface area (Å²) >= 11 is 0. The molecule has 0 unspecified atom stereocenters. The fourth-order valence-electron chi connectivity index (χ4n) is 2.37. The smallest absolute Gasteiger partial charge is 0.327 e. The van der Waals surface area contributed by atoms with Crippen LogP contribution >= 0.6 is 0 Å². The van der Waals surface area contributed by atoms with E-state index < -0.39 is 16.7 Å². The third kappa shape index (κ3) is 2.63. The van der Waals surface area contributed by atoms with Crippen molar-refractivity contribution >= 4 is 16.7 Å². The molecule has 5 nitrogen and oxygen atoms in total. The Kier molecular flexibility index (Phi) is 3.32. The van der Waals surface area contributed by atoms with Gasteiger partial charge in [0.1, 0.15) is 5.82 Å². The number of hydrogen-bond donors (Lipinski definition) is 0. The van der Waals surface area contributed by atoms with Crippen LogP contribution in [0.1, 0.15) is 5.56 Å². The predicted octanol–water partition coefficient (Wildman–Crippen LogP) is 4.17. The first-order valence-electron chi connectivity index (χ1n) is 6.56. The number of non-ortho nitro benzene ring substituents is 1. The third-order valence-electron chi connectivity index (χ3n) is 3.54. The van der Waals surface area contributed by atoms with Crippen molar-refractivity contribution in [3.63, 3.8) is 0 Å². The molecule has 0 spiro atoms. The molecular weight excluding hydrogens is 311 g/mol. The largest absolute Gasteiger partial charge is 0.416 e. The molecule has 3 rings (SSSR count). The van der Waals surface area contributed by atoms with Crippen molar-refractivity contribution in [3.8, 4) is 11.4 Å². The summed E-state index contributed by atoms with van der Waals surface area (Å²) in [7, 11) is 1.68. The van der Waals surface area contributed by atoms with Gasteiger partial charge in [0.25, 0.3) is 5.69 Å². The second-order valence-corrected chi connectivity index (χ2v) is 5.00. The number of nitrogens with zero attached hydrogens (tertiary/aromatic N) is 3. The monoisotopic (exact) mass is 321 g/mol. The van der Waals surface area contributed by atoms with Gasteiger partial charge in [-0.05, 0) is 30.3 Å². The molecule has 0 N–H and O–H groups in total. The van der Waals surface area contributed by atoms with Gasteiger partial charge in [0.05, 0.1) is 21.5 Å². The van der Waals surface area contributed by atoms with Gasteiger partial charge in [0, 0.05) is 24.7 Å². The highest BCUT2D eigenvalue weighted by atomic mass is 19.4. The number of fused-ring (bicyclic) bond motifs is 1. The standard InChI is InChI=1S/C15H10F3N3O2/c1-20-13-7-4-10(15(16,17)18)8-12(13)19-14(20)9-2-5-11(6-3-9)21(22)23/h2-8H,1H3. The number of hydrogen-bond acceptors (Lipinski definition) is 3. The quantitative estimate of drug-likeness (QED) is 0.526. The summed E-state index contributed by atoms with van der Waals surface area (Å²) in [6.45, 7) is 0. The van der Waals surface area contributed by atoms with E-state index in [0.29, 0.717) is 16.9 Å². The fourth-order valence-corrected chi connectivity index (χ4v) is 2.37. The minimum atomic E-state index is -4.43. The van der Waals surface area contributed by atoms with Crippen molar-refractivity contribution in [2.24, 2.45) is 7.05 Å². The van der Waals surface area contributed by atoms with Crippen LogP contribution in [0.5, 0.6) is 0 Å². The van der Waals surface area contributed by atoms with E-state index in [0.717, 1.165) is 12.1 Å². The highest BCUT2D eigenvalue weighted by Gasteiger charge is 2.31. The van der Waals surface area contributed by atoms with Crippen LogP contribution in [0, 0.1) is 10.1 Å². The lowest BCUT2D eigenvalue weighted by molar-refractivity contribution is -0.384. The van der Waals surface area contributed by atoms with Crippen LogP contribution < -0.4 is 0 Å². The zero-order chi connectivity index (χ0) is 16.8. The Morgan fingerprint density at radius 1 is 1.13 bits per heavy atom. The Labute approximate surface area is 128 Å². The zero-order valence-corrected chi connectivity index (χ0v) is 11.8. The van der Waals surface area contributed by atoms with E-state index in [2.05, 4.69) is 4.98 Å².